The van der Waals surface area contributed by atoms with Crippen molar-refractivity contribution >= 4 is 11.7 Å². The topological polar surface area (TPSA) is 40.5 Å². The molecule has 1 rings (SSSR count). The molecule has 0 spiro atoms. The number of aryl methyl sites for hydroxylation is 3. The van der Waals surface area contributed by atoms with Gasteiger partial charge < -0.3 is 10.0 Å². The number of hydrogen-bond acceptors (Lipinski definition) is 2. The summed E-state index contributed by atoms with van der Waals surface area (Å²) in [6.07, 6.45) is 0. The molecule has 1 atom stereocenters. The minimum atomic E-state index is -0.751. The first-order valence-electron chi connectivity index (χ1n) is 5.84. The molecule has 1 aromatic carbocycles. The van der Waals surface area contributed by atoms with E-state index >= 15 is 0 Å². The Morgan fingerprint density at radius 3 is 2.18 bits per heavy atom. The van der Waals surface area contributed by atoms with Gasteiger partial charge in [0.25, 0.3) is 0 Å². The fourth-order valence-corrected chi connectivity index (χ4v) is 2.35. The summed E-state index contributed by atoms with van der Waals surface area (Å²) in [6, 6.07) is 4.26. The highest BCUT2D eigenvalue weighted by Crippen LogP contribution is 2.25. The van der Waals surface area contributed by atoms with Crippen LogP contribution in [0.1, 0.15) is 23.6 Å². The van der Waals surface area contributed by atoms with Crippen molar-refractivity contribution in [1.29, 1.82) is 0 Å². The average Bonchev–Trinajstić information content (AvgIpc) is 2.15. The standard InChI is InChI=1S/C14H21NO2/c1-9-6-10(2)13(11(3)7-9)15(5)8-12(4)14(16)17/h6-7,12H,8H2,1-5H3,(H,16,17). The van der Waals surface area contributed by atoms with E-state index in [1.165, 1.54) is 16.7 Å². The van der Waals surface area contributed by atoms with E-state index in [-0.39, 0.29) is 5.92 Å². The van der Waals surface area contributed by atoms with Crippen LogP contribution in [0.2, 0.25) is 0 Å². The van der Waals surface area contributed by atoms with Gasteiger partial charge in [-0.05, 0) is 31.9 Å². The van der Waals surface area contributed by atoms with Gasteiger partial charge >= 0.3 is 5.97 Å². The molecule has 0 radical (unpaired) electrons. The van der Waals surface area contributed by atoms with E-state index in [9.17, 15) is 4.79 Å². The molecule has 3 nitrogen and oxygen atoms in total. The van der Waals surface area contributed by atoms with Gasteiger partial charge in [0.2, 0.25) is 0 Å². The highest BCUT2D eigenvalue weighted by atomic mass is 16.4. The van der Waals surface area contributed by atoms with Crippen LogP contribution in [0.15, 0.2) is 12.1 Å². The van der Waals surface area contributed by atoms with Crippen LogP contribution >= 0.6 is 0 Å². The van der Waals surface area contributed by atoms with Crippen LogP contribution in [0.5, 0.6) is 0 Å². The first-order valence-corrected chi connectivity index (χ1v) is 5.84. The highest BCUT2D eigenvalue weighted by molar-refractivity contribution is 5.71. The Morgan fingerprint density at radius 1 is 1.29 bits per heavy atom. The Labute approximate surface area is 103 Å². The van der Waals surface area contributed by atoms with E-state index in [2.05, 4.69) is 32.9 Å². The zero-order valence-electron chi connectivity index (χ0n) is 11.2. The van der Waals surface area contributed by atoms with Crippen molar-refractivity contribution < 1.29 is 9.90 Å². The monoisotopic (exact) mass is 235 g/mol. The van der Waals surface area contributed by atoms with Crippen LogP contribution in [0.4, 0.5) is 5.69 Å². The fourth-order valence-electron chi connectivity index (χ4n) is 2.35. The van der Waals surface area contributed by atoms with Gasteiger partial charge in [-0.25, -0.2) is 0 Å². The minimum Gasteiger partial charge on any atom is -0.481 e. The molecule has 0 aromatic heterocycles. The molecule has 0 bridgehead atoms. The molecule has 17 heavy (non-hydrogen) atoms. The molecule has 3 heteroatoms. The third kappa shape index (κ3) is 3.22. The molecule has 1 N–H and O–H groups in total. The van der Waals surface area contributed by atoms with Crippen molar-refractivity contribution in [3.63, 3.8) is 0 Å². The number of anilines is 1. The van der Waals surface area contributed by atoms with Crippen molar-refractivity contribution in [1.82, 2.24) is 0 Å². The Kier molecular flexibility index (Phi) is 4.16. The Bertz CT molecular complexity index is 403. The summed E-state index contributed by atoms with van der Waals surface area (Å²) in [7, 11) is 1.95. The molecular formula is C14H21NO2. The maximum absolute atomic E-state index is 10.9. The summed E-state index contributed by atoms with van der Waals surface area (Å²) in [4.78, 5) is 12.9. The lowest BCUT2D eigenvalue weighted by Gasteiger charge is -2.25. The number of benzene rings is 1. The van der Waals surface area contributed by atoms with E-state index in [1.807, 2.05) is 11.9 Å². The van der Waals surface area contributed by atoms with Gasteiger partial charge in [0.15, 0.2) is 0 Å². The van der Waals surface area contributed by atoms with Crippen molar-refractivity contribution in [2.45, 2.75) is 27.7 Å². The predicted molar refractivity (Wildman–Crippen MR) is 70.7 cm³/mol. The molecule has 0 aliphatic carbocycles. The minimum absolute atomic E-state index is 0.361. The van der Waals surface area contributed by atoms with Crippen LogP contribution in [0, 0.1) is 26.7 Å². The van der Waals surface area contributed by atoms with Crippen molar-refractivity contribution in [3.05, 3.63) is 28.8 Å². The number of carboxylic acids is 1. The first-order chi connectivity index (χ1) is 7.82. The molecular weight excluding hydrogens is 214 g/mol. The van der Waals surface area contributed by atoms with Gasteiger partial charge in [0.05, 0.1) is 5.92 Å². The van der Waals surface area contributed by atoms with Crippen LogP contribution < -0.4 is 4.90 Å². The van der Waals surface area contributed by atoms with Gasteiger partial charge in [-0.2, -0.15) is 0 Å². The largest absolute Gasteiger partial charge is 0.481 e. The third-order valence-corrected chi connectivity index (χ3v) is 2.99. The molecule has 0 amide bonds. The number of hydrogen-bond donors (Lipinski definition) is 1. The number of rotatable bonds is 4. The summed E-state index contributed by atoms with van der Waals surface area (Å²) < 4.78 is 0. The van der Waals surface area contributed by atoms with Crippen molar-refractivity contribution in [2.75, 3.05) is 18.5 Å². The van der Waals surface area contributed by atoms with E-state index in [1.54, 1.807) is 6.92 Å². The maximum Gasteiger partial charge on any atom is 0.308 e. The van der Waals surface area contributed by atoms with Crippen LogP contribution in [0.3, 0.4) is 0 Å². The molecule has 0 saturated heterocycles. The SMILES string of the molecule is Cc1cc(C)c(N(C)CC(C)C(=O)O)c(C)c1. The van der Waals surface area contributed by atoms with E-state index < -0.39 is 5.97 Å². The zero-order chi connectivity index (χ0) is 13.2. The van der Waals surface area contributed by atoms with E-state index in [0.29, 0.717) is 6.54 Å². The number of nitrogens with zero attached hydrogens (tertiary/aromatic N) is 1. The van der Waals surface area contributed by atoms with Crippen molar-refractivity contribution in [3.8, 4) is 0 Å². The number of aliphatic carboxylic acids is 1. The summed E-state index contributed by atoms with van der Waals surface area (Å²) in [5.41, 5.74) is 4.78. The zero-order valence-corrected chi connectivity index (χ0v) is 11.2. The maximum atomic E-state index is 10.9. The lowest BCUT2D eigenvalue weighted by Crippen LogP contribution is -2.29. The normalized spacial score (nSPS) is 12.3. The Morgan fingerprint density at radius 2 is 1.76 bits per heavy atom. The molecule has 94 valence electrons. The fraction of sp³-hybridized carbons (Fsp3) is 0.500. The summed E-state index contributed by atoms with van der Waals surface area (Å²) in [6.45, 7) is 8.47. The van der Waals surface area contributed by atoms with Crippen molar-refractivity contribution in [2.24, 2.45) is 5.92 Å². The van der Waals surface area contributed by atoms with Crippen LogP contribution in [0.25, 0.3) is 0 Å². The second kappa shape index (κ2) is 5.21. The molecule has 0 aliphatic heterocycles. The molecule has 0 fully saturated rings. The van der Waals surface area contributed by atoms with Crippen LogP contribution in [-0.2, 0) is 4.79 Å². The molecule has 0 saturated carbocycles. The summed E-state index contributed by atoms with van der Waals surface area (Å²) in [5.74, 6) is -1.11. The predicted octanol–water partition coefficient (Wildman–Crippen LogP) is 2.77. The molecule has 0 heterocycles. The number of carboxylic acid groups (broad SMARTS) is 1. The summed E-state index contributed by atoms with van der Waals surface area (Å²) >= 11 is 0. The quantitative estimate of drug-likeness (QED) is 0.872. The Hall–Kier alpha value is -1.51. The molecule has 0 aliphatic rings. The summed E-state index contributed by atoms with van der Waals surface area (Å²) in [5, 5.41) is 8.93. The van der Waals surface area contributed by atoms with E-state index in [0.717, 1.165) is 5.69 Å². The lowest BCUT2D eigenvalue weighted by atomic mass is 10.0. The average molecular weight is 235 g/mol. The van der Waals surface area contributed by atoms with Gasteiger partial charge in [-0.15, -0.1) is 0 Å². The Balaban J connectivity index is 2.96. The van der Waals surface area contributed by atoms with Gasteiger partial charge in [0, 0.05) is 19.3 Å². The second-order valence-corrected chi connectivity index (χ2v) is 4.87. The number of carbonyl (C=O) groups is 1. The lowest BCUT2D eigenvalue weighted by molar-refractivity contribution is -0.140. The highest BCUT2D eigenvalue weighted by Gasteiger charge is 2.16. The molecule has 1 unspecified atom stereocenters. The van der Waals surface area contributed by atoms with Crippen LogP contribution in [-0.4, -0.2) is 24.7 Å². The first kappa shape index (κ1) is 13.6. The molecule has 1 aromatic rings. The third-order valence-electron chi connectivity index (χ3n) is 2.99. The van der Waals surface area contributed by atoms with Gasteiger partial charge in [-0.3, -0.25) is 4.79 Å². The smallest absolute Gasteiger partial charge is 0.308 e. The second-order valence-electron chi connectivity index (χ2n) is 4.87. The van der Waals surface area contributed by atoms with Gasteiger partial charge in [-0.1, -0.05) is 24.6 Å². The van der Waals surface area contributed by atoms with E-state index in [4.69, 9.17) is 5.11 Å². The van der Waals surface area contributed by atoms with Gasteiger partial charge in [0.1, 0.15) is 0 Å².